The summed E-state index contributed by atoms with van der Waals surface area (Å²) in [7, 11) is -3.70. The van der Waals surface area contributed by atoms with Gasteiger partial charge in [-0.25, -0.2) is 17.9 Å². The lowest BCUT2D eigenvalue weighted by Crippen LogP contribution is -2.11. The Balaban J connectivity index is 2.08. The highest BCUT2D eigenvalue weighted by Crippen LogP contribution is 2.37. The monoisotopic (exact) mass is 347 g/mol. The molecule has 0 saturated heterocycles. The molecule has 23 heavy (non-hydrogen) atoms. The number of nitrogens with two attached hydrogens (primary N) is 1. The van der Waals surface area contributed by atoms with Crippen molar-refractivity contribution in [1.82, 2.24) is 0 Å². The van der Waals surface area contributed by atoms with E-state index in [1.165, 1.54) is 24.3 Å². The normalized spacial score (nSPS) is 11.6. The third kappa shape index (κ3) is 3.19. The van der Waals surface area contributed by atoms with Gasteiger partial charge in [-0.3, -0.25) is 0 Å². The standard InChI is InChI=1S/C17H14FNO2S2/c1-11-8-13(18)4-7-15(11)17-10-22-9-16(17)12-2-5-14(6-3-12)23(19,20)21/h2-10H,1H3,(H2,19,20,21). The molecule has 0 saturated carbocycles. The van der Waals surface area contributed by atoms with E-state index in [9.17, 15) is 12.8 Å². The number of rotatable bonds is 3. The Morgan fingerprint density at radius 1 is 0.957 bits per heavy atom. The van der Waals surface area contributed by atoms with Crippen LogP contribution >= 0.6 is 11.3 Å². The Labute approximate surface area is 138 Å². The number of thiophene rings is 1. The summed E-state index contributed by atoms with van der Waals surface area (Å²) < 4.78 is 36.0. The summed E-state index contributed by atoms with van der Waals surface area (Å²) in [6.07, 6.45) is 0. The summed E-state index contributed by atoms with van der Waals surface area (Å²) in [5, 5.41) is 9.11. The molecule has 1 heterocycles. The van der Waals surface area contributed by atoms with Crippen LogP contribution in [0.4, 0.5) is 4.39 Å². The molecule has 2 N–H and O–H groups in total. The van der Waals surface area contributed by atoms with Crippen LogP contribution in [0.5, 0.6) is 0 Å². The van der Waals surface area contributed by atoms with Gasteiger partial charge >= 0.3 is 0 Å². The fourth-order valence-electron chi connectivity index (χ4n) is 2.48. The lowest BCUT2D eigenvalue weighted by Gasteiger charge is -2.09. The summed E-state index contributed by atoms with van der Waals surface area (Å²) in [6, 6.07) is 11.1. The van der Waals surface area contributed by atoms with E-state index in [2.05, 4.69) is 0 Å². The molecule has 6 heteroatoms. The van der Waals surface area contributed by atoms with E-state index in [0.717, 1.165) is 27.8 Å². The van der Waals surface area contributed by atoms with Crippen LogP contribution in [0, 0.1) is 12.7 Å². The molecule has 0 fully saturated rings. The van der Waals surface area contributed by atoms with Crippen LogP contribution in [0.15, 0.2) is 58.1 Å². The molecule has 2 aromatic carbocycles. The van der Waals surface area contributed by atoms with Gasteiger partial charge in [0, 0.05) is 11.1 Å². The highest BCUT2D eigenvalue weighted by Gasteiger charge is 2.13. The average molecular weight is 347 g/mol. The molecule has 0 bridgehead atoms. The Bertz CT molecular complexity index is 961. The van der Waals surface area contributed by atoms with Crippen molar-refractivity contribution < 1.29 is 12.8 Å². The average Bonchev–Trinajstić information content (AvgIpc) is 2.95. The van der Waals surface area contributed by atoms with E-state index in [4.69, 9.17) is 5.14 Å². The predicted octanol–water partition coefficient (Wildman–Crippen LogP) is 4.18. The maximum absolute atomic E-state index is 13.3. The number of hydrogen-bond donors (Lipinski definition) is 1. The number of sulfonamides is 1. The van der Waals surface area contributed by atoms with E-state index in [1.54, 1.807) is 29.5 Å². The third-order valence-electron chi connectivity index (χ3n) is 3.63. The van der Waals surface area contributed by atoms with Crippen LogP contribution in [0.2, 0.25) is 0 Å². The highest BCUT2D eigenvalue weighted by atomic mass is 32.2. The van der Waals surface area contributed by atoms with E-state index >= 15 is 0 Å². The van der Waals surface area contributed by atoms with Gasteiger partial charge in [-0.05, 0) is 58.6 Å². The number of primary sulfonamides is 1. The minimum atomic E-state index is -3.70. The molecular weight excluding hydrogens is 333 g/mol. The quantitative estimate of drug-likeness (QED) is 0.773. The molecule has 0 aliphatic rings. The number of aryl methyl sites for hydroxylation is 1. The first-order valence-corrected chi connectivity index (χ1v) is 9.31. The van der Waals surface area contributed by atoms with Crippen LogP contribution < -0.4 is 5.14 Å². The molecule has 3 rings (SSSR count). The fourth-order valence-corrected chi connectivity index (χ4v) is 3.86. The fraction of sp³-hybridized carbons (Fsp3) is 0.0588. The predicted molar refractivity (Wildman–Crippen MR) is 91.3 cm³/mol. The molecule has 0 atom stereocenters. The Kier molecular flexibility index (Phi) is 4.06. The Morgan fingerprint density at radius 3 is 2.22 bits per heavy atom. The highest BCUT2D eigenvalue weighted by molar-refractivity contribution is 7.89. The smallest absolute Gasteiger partial charge is 0.225 e. The molecule has 118 valence electrons. The topological polar surface area (TPSA) is 60.2 Å². The summed E-state index contributed by atoms with van der Waals surface area (Å²) in [4.78, 5) is 0.0796. The molecule has 3 aromatic rings. The Morgan fingerprint density at radius 2 is 1.61 bits per heavy atom. The van der Waals surface area contributed by atoms with Crippen LogP contribution in [0.3, 0.4) is 0 Å². The van der Waals surface area contributed by atoms with Gasteiger partial charge in [0.25, 0.3) is 0 Å². The zero-order chi connectivity index (χ0) is 16.6. The van der Waals surface area contributed by atoms with Crippen molar-refractivity contribution in [1.29, 1.82) is 0 Å². The lowest BCUT2D eigenvalue weighted by atomic mass is 9.96. The van der Waals surface area contributed by atoms with Crippen molar-refractivity contribution in [3.05, 3.63) is 64.6 Å². The molecular formula is C17H14FNO2S2. The molecule has 1 aromatic heterocycles. The molecule has 3 nitrogen and oxygen atoms in total. The van der Waals surface area contributed by atoms with E-state index in [-0.39, 0.29) is 10.7 Å². The number of hydrogen-bond acceptors (Lipinski definition) is 3. The SMILES string of the molecule is Cc1cc(F)ccc1-c1cscc1-c1ccc(S(N)(=O)=O)cc1. The first-order valence-electron chi connectivity index (χ1n) is 6.82. The van der Waals surface area contributed by atoms with Gasteiger partial charge in [-0.15, -0.1) is 0 Å². The second kappa shape index (κ2) is 5.88. The van der Waals surface area contributed by atoms with Gasteiger partial charge in [0.15, 0.2) is 0 Å². The largest absolute Gasteiger partial charge is 0.238 e. The van der Waals surface area contributed by atoms with Gasteiger partial charge in [0.1, 0.15) is 5.82 Å². The van der Waals surface area contributed by atoms with Crippen molar-refractivity contribution in [2.75, 3.05) is 0 Å². The van der Waals surface area contributed by atoms with Crippen molar-refractivity contribution in [3.63, 3.8) is 0 Å². The molecule has 0 spiro atoms. The van der Waals surface area contributed by atoms with Crippen molar-refractivity contribution in [3.8, 4) is 22.3 Å². The number of benzene rings is 2. The van der Waals surface area contributed by atoms with Crippen LogP contribution in [0.1, 0.15) is 5.56 Å². The minimum absolute atomic E-state index is 0.0796. The van der Waals surface area contributed by atoms with Crippen LogP contribution in [-0.2, 0) is 10.0 Å². The van der Waals surface area contributed by atoms with Gasteiger partial charge in [-0.2, -0.15) is 11.3 Å². The molecule has 0 unspecified atom stereocenters. The van der Waals surface area contributed by atoms with Crippen LogP contribution in [-0.4, -0.2) is 8.42 Å². The summed E-state index contributed by atoms with van der Waals surface area (Å²) in [5.74, 6) is -0.263. The summed E-state index contributed by atoms with van der Waals surface area (Å²) in [6.45, 7) is 1.87. The summed E-state index contributed by atoms with van der Waals surface area (Å²) >= 11 is 1.54. The second-order valence-corrected chi connectivity index (χ2v) is 7.53. The van der Waals surface area contributed by atoms with Crippen molar-refractivity contribution >= 4 is 21.4 Å². The van der Waals surface area contributed by atoms with Crippen molar-refractivity contribution in [2.24, 2.45) is 5.14 Å². The maximum atomic E-state index is 13.3. The minimum Gasteiger partial charge on any atom is -0.225 e. The second-order valence-electron chi connectivity index (χ2n) is 5.23. The first kappa shape index (κ1) is 15.9. The summed E-state index contributed by atoms with van der Waals surface area (Å²) in [5.41, 5.74) is 4.67. The molecule has 0 amide bonds. The van der Waals surface area contributed by atoms with E-state index < -0.39 is 10.0 Å². The zero-order valence-corrected chi connectivity index (χ0v) is 13.9. The van der Waals surface area contributed by atoms with Gasteiger partial charge in [0.05, 0.1) is 4.90 Å². The van der Waals surface area contributed by atoms with Crippen molar-refractivity contribution in [2.45, 2.75) is 11.8 Å². The van der Waals surface area contributed by atoms with Gasteiger partial charge < -0.3 is 0 Å². The molecule has 0 aliphatic carbocycles. The maximum Gasteiger partial charge on any atom is 0.238 e. The van der Waals surface area contributed by atoms with E-state index in [1.807, 2.05) is 17.7 Å². The molecule has 0 radical (unpaired) electrons. The first-order chi connectivity index (χ1) is 10.9. The Hall–Kier alpha value is -2.02. The van der Waals surface area contributed by atoms with E-state index in [0.29, 0.717) is 0 Å². The van der Waals surface area contributed by atoms with Gasteiger partial charge in [0.2, 0.25) is 10.0 Å². The zero-order valence-electron chi connectivity index (χ0n) is 12.3. The number of halogens is 1. The molecule has 0 aliphatic heterocycles. The third-order valence-corrected chi connectivity index (χ3v) is 5.31. The van der Waals surface area contributed by atoms with Gasteiger partial charge in [-0.1, -0.05) is 18.2 Å². The lowest BCUT2D eigenvalue weighted by molar-refractivity contribution is 0.598. The van der Waals surface area contributed by atoms with Crippen LogP contribution in [0.25, 0.3) is 22.3 Å².